The van der Waals surface area contributed by atoms with Gasteiger partial charge in [0.2, 0.25) is 0 Å². The molecule has 2 aliphatic rings. The van der Waals surface area contributed by atoms with Crippen molar-refractivity contribution >= 4 is 78.0 Å². The number of hydrogen-bond acceptors (Lipinski definition) is 4. The maximum atomic E-state index is 6.73. The van der Waals surface area contributed by atoms with Crippen LogP contribution in [0.4, 0.5) is 34.1 Å². The Labute approximate surface area is 429 Å². The lowest BCUT2D eigenvalue weighted by molar-refractivity contribution is 0.661. The monoisotopic (exact) mass is 948 g/mol. The molecule has 0 amide bonds. The minimum atomic E-state index is -0.678. The van der Waals surface area contributed by atoms with Gasteiger partial charge in [-0.3, -0.25) is 0 Å². The Morgan fingerprint density at radius 1 is 0.311 bits per heavy atom. The molecule has 0 saturated heterocycles. The summed E-state index contributed by atoms with van der Waals surface area (Å²) in [6.45, 7) is 4.75. The van der Waals surface area contributed by atoms with E-state index < -0.39 is 5.41 Å². The molecule has 4 nitrogen and oxygen atoms in total. The zero-order chi connectivity index (χ0) is 49.1. The molecule has 15 rings (SSSR count). The van der Waals surface area contributed by atoms with E-state index in [1.165, 1.54) is 55.6 Å². The van der Waals surface area contributed by atoms with Crippen LogP contribution in [0.5, 0.6) is 0 Å². The molecule has 0 aliphatic heterocycles. The highest BCUT2D eigenvalue weighted by atomic mass is 16.3. The molecule has 13 aromatic rings. The molecule has 0 bridgehead atoms. The third kappa shape index (κ3) is 5.91. The fourth-order valence-corrected chi connectivity index (χ4v) is 13.1. The van der Waals surface area contributed by atoms with Gasteiger partial charge in [-0.1, -0.05) is 202 Å². The Morgan fingerprint density at radius 2 is 0.703 bits per heavy atom. The van der Waals surface area contributed by atoms with E-state index in [0.717, 1.165) is 78.0 Å². The lowest BCUT2D eigenvalue weighted by Gasteiger charge is -2.38. The number of para-hydroxylation sites is 2. The quantitative estimate of drug-likeness (QED) is 0.152. The van der Waals surface area contributed by atoms with Gasteiger partial charge in [0.1, 0.15) is 22.3 Å². The third-order valence-electron chi connectivity index (χ3n) is 16.1. The van der Waals surface area contributed by atoms with E-state index in [2.05, 4.69) is 278 Å². The van der Waals surface area contributed by atoms with Gasteiger partial charge in [-0.05, 0) is 117 Å². The van der Waals surface area contributed by atoms with Gasteiger partial charge >= 0.3 is 0 Å². The number of fused-ring (bicyclic) bond motifs is 12. The van der Waals surface area contributed by atoms with E-state index in [9.17, 15) is 0 Å². The van der Waals surface area contributed by atoms with Crippen molar-refractivity contribution in [1.82, 2.24) is 0 Å². The van der Waals surface area contributed by atoms with E-state index in [4.69, 9.17) is 8.83 Å². The first-order valence-electron chi connectivity index (χ1n) is 25.6. The molecular weight excluding hydrogens is 901 g/mol. The number of furan rings is 2. The summed E-state index contributed by atoms with van der Waals surface area (Å²) >= 11 is 0. The normalized spacial score (nSPS) is 13.8. The zero-order valence-corrected chi connectivity index (χ0v) is 41.0. The topological polar surface area (TPSA) is 32.8 Å². The number of rotatable bonds is 8. The molecule has 2 aliphatic carbocycles. The molecule has 74 heavy (non-hydrogen) atoms. The minimum Gasteiger partial charge on any atom is -0.456 e. The van der Waals surface area contributed by atoms with E-state index in [1.54, 1.807) is 0 Å². The van der Waals surface area contributed by atoms with Gasteiger partial charge in [-0.15, -0.1) is 0 Å². The second kappa shape index (κ2) is 16.1. The van der Waals surface area contributed by atoms with Gasteiger partial charge in [0.15, 0.2) is 0 Å². The van der Waals surface area contributed by atoms with E-state index in [0.29, 0.717) is 0 Å². The highest BCUT2D eigenvalue weighted by Gasteiger charge is 2.48. The first-order valence-corrected chi connectivity index (χ1v) is 25.6. The second-order valence-electron chi connectivity index (χ2n) is 20.3. The van der Waals surface area contributed by atoms with Gasteiger partial charge in [0, 0.05) is 33.1 Å². The second-order valence-corrected chi connectivity index (χ2v) is 20.3. The van der Waals surface area contributed by atoms with Crippen LogP contribution < -0.4 is 9.80 Å². The Morgan fingerprint density at radius 3 is 1.27 bits per heavy atom. The molecular formula is C70H48N2O2. The highest BCUT2D eigenvalue weighted by Crippen LogP contribution is 2.61. The first kappa shape index (κ1) is 42.3. The Hall–Kier alpha value is -9.38. The van der Waals surface area contributed by atoms with Crippen LogP contribution in [0.25, 0.3) is 66.1 Å². The van der Waals surface area contributed by atoms with E-state index in [-0.39, 0.29) is 5.41 Å². The summed E-state index contributed by atoms with van der Waals surface area (Å²) in [5.74, 6) is 0. The van der Waals surface area contributed by atoms with Gasteiger partial charge in [-0.25, -0.2) is 0 Å². The van der Waals surface area contributed by atoms with Crippen LogP contribution in [-0.4, -0.2) is 0 Å². The van der Waals surface area contributed by atoms with E-state index in [1.807, 2.05) is 0 Å². The number of benzene rings is 11. The van der Waals surface area contributed by atoms with Gasteiger partial charge in [0.05, 0.1) is 38.9 Å². The fraction of sp³-hybridized carbons (Fsp3) is 0.0571. The van der Waals surface area contributed by atoms with Crippen molar-refractivity contribution in [2.45, 2.75) is 24.7 Å². The average Bonchev–Trinajstić information content (AvgIpc) is 4.19. The predicted molar refractivity (Wildman–Crippen MR) is 305 cm³/mol. The van der Waals surface area contributed by atoms with Crippen molar-refractivity contribution in [3.8, 4) is 22.3 Å². The molecule has 4 heteroatoms. The largest absolute Gasteiger partial charge is 0.456 e. The maximum absolute atomic E-state index is 6.73. The summed E-state index contributed by atoms with van der Waals surface area (Å²) < 4.78 is 13.4. The Bertz CT molecular complexity index is 4330. The van der Waals surface area contributed by atoms with Crippen LogP contribution in [-0.2, 0) is 10.8 Å². The molecule has 0 radical (unpaired) electrons. The van der Waals surface area contributed by atoms with Crippen LogP contribution in [0.2, 0.25) is 0 Å². The molecule has 0 saturated carbocycles. The maximum Gasteiger partial charge on any atom is 0.137 e. The fourth-order valence-electron chi connectivity index (χ4n) is 13.1. The highest BCUT2D eigenvalue weighted by molar-refractivity contribution is 6.15. The summed E-state index contributed by atoms with van der Waals surface area (Å²) in [4.78, 5) is 5.01. The lowest BCUT2D eigenvalue weighted by Crippen LogP contribution is -2.30. The third-order valence-corrected chi connectivity index (χ3v) is 16.1. The van der Waals surface area contributed by atoms with E-state index >= 15 is 0 Å². The SMILES string of the molecule is CC1(C)c2ccccc2-c2cccc(N(c3cccc(N(c4cccc5c4C(c4ccccc4)(c4ccccc4)c4ccccc4-5)c4cccc5oc6ccccc6c45)c3)c3cccc4oc5ccccc5c34)c21. The summed E-state index contributed by atoms with van der Waals surface area (Å²) in [6, 6.07) is 92.9. The van der Waals surface area contributed by atoms with Crippen molar-refractivity contribution in [3.05, 3.63) is 288 Å². The smallest absolute Gasteiger partial charge is 0.137 e. The summed E-state index contributed by atoms with van der Waals surface area (Å²) in [5, 5.41) is 4.26. The Balaban J connectivity index is 1.05. The van der Waals surface area contributed by atoms with Crippen molar-refractivity contribution in [2.24, 2.45) is 0 Å². The molecule has 2 aromatic heterocycles. The first-order chi connectivity index (χ1) is 36.5. The van der Waals surface area contributed by atoms with Gasteiger partial charge in [-0.2, -0.15) is 0 Å². The predicted octanol–water partition coefficient (Wildman–Crippen LogP) is 19.1. The molecule has 2 heterocycles. The van der Waals surface area contributed by atoms with Gasteiger partial charge < -0.3 is 18.6 Å². The molecule has 0 unspecified atom stereocenters. The molecule has 0 fully saturated rings. The Kier molecular flexibility index (Phi) is 9.19. The zero-order valence-electron chi connectivity index (χ0n) is 41.0. The van der Waals surface area contributed by atoms with Crippen LogP contribution >= 0.6 is 0 Å². The van der Waals surface area contributed by atoms with Crippen LogP contribution in [0, 0.1) is 0 Å². The summed E-state index contributed by atoms with van der Waals surface area (Å²) in [5.41, 5.74) is 21.2. The number of nitrogens with zero attached hydrogens (tertiary/aromatic N) is 2. The summed E-state index contributed by atoms with van der Waals surface area (Å²) in [7, 11) is 0. The summed E-state index contributed by atoms with van der Waals surface area (Å²) in [6.07, 6.45) is 0. The standard InChI is InChI=1S/C70H48N2O2/c1-69(2)55-34-13-9-28-49(55)51-32-18-38-59(67(51)69)71(57-36-20-42-63-65(57)53-30-11-15-40-61(53)73-63)47-26-17-27-48(44-47)72(58-37-21-43-64-66(58)54-31-12-16-41-62(54)74-64)60-39-19-33-52-50-29-10-14-35-56(50)70(68(52)60,45-22-5-3-6-23-45)46-24-7-4-8-25-46/h3-44H,1-2H3. The van der Waals surface area contributed by atoms with Crippen molar-refractivity contribution in [3.63, 3.8) is 0 Å². The van der Waals surface area contributed by atoms with Crippen LogP contribution in [0.3, 0.4) is 0 Å². The molecule has 350 valence electrons. The molecule has 0 atom stereocenters. The molecule has 11 aromatic carbocycles. The molecule has 0 N–H and O–H groups in total. The van der Waals surface area contributed by atoms with Gasteiger partial charge in [0.25, 0.3) is 0 Å². The average molecular weight is 949 g/mol. The van der Waals surface area contributed by atoms with Crippen LogP contribution in [0.15, 0.2) is 264 Å². The van der Waals surface area contributed by atoms with Crippen molar-refractivity contribution in [2.75, 3.05) is 9.80 Å². The van der Waals surface area contributed by atoms with Crippen molar-refractivity contribution < 1.29 is 8.83 Å². The number of anilines is 6. The van der Waals surface area contributed by atoms with Crippen LogP contribution in [0.1, 0.15) is 47.2 Å². The lowest BCUT2D eigenvalue weighted by atomic mass is 9.67. The number of hydrogen-bond donors (Lipinski definition) is 0. The molecule has 0 spiro atoms. The minimum absolute atomic E-state index is 0.299. The van der Waals surface area contributed by atoms with Crippen molar-refractivity contribution in [1.29, 1.82) is 0 Å².